The SMILES string of the molecule is CCOC(=O)c1nc(N[C@H](COC)c2cccnc2)nc2ccsc12. The maximum absolute atomic E-state index is 12.2. The Kier molecular flexibility index (Phi) is 5.52. The predicted octanol–water partition coefficient (Wildman–Crippen LogP) is 3.06. The van der Waals surface area contributed by atoms with Crippen molar-refractivity contribution in [1.29, 1.82) is 0 Å². The first kappa shape index (κ1) is 17.2. The van der Waals surface area contributed by atoms with E-state index in [0.717, 1.165) is 5.56 Å². The Hall–Kier alpha value is -2.58. The largest absolute Gasteiger partial charge is 0.461 e. The molecule has 0 unspecified atom stereocenters. The smallest absolute Gasteiger partial charge is 0.358 e. The highest BCUT2D eigenvalue weighted by atomic mass is 32.1. The van der Waals surface area contributed by atoms with E-state index < -0.39 is 5.97 Å². The highest BCUT2D eigenvalue weighted by Crippen LogP contribution is 2.26. The summed E-state index contributed by atoms with van der Waals surface area (Å²) in [4.78, 5) is 25.2. The highest BCUT2D eigenvalue weighted by Gasteiger charge is 2.19. The normalized spacial score (nSPS) is 12.1. The molecular formula is C17H18N4O3S. The number of esters is 1. The van der Waals surface area contributed by atoms with Crippen LogP contribution in [-0.4, -0.2) is 41.2 Å². The number of anilines is 1. The second-order valence-corrected chi connectivity index (χ2v) is 6.11. The molecule has 3 rings (SSSR count). The lowest BCUT2D eigenvalue weighted by Gasteiger charge is -2.18. The van der Waals surface area contributed by atoms with Gasteiger partial charge in [0.15, 0.2) is 5.69 Å². The molecule has 3 aromatic rings. The molecule has 0 saturated carbocycles. The lowest BCUT2D eigenvalue weighted by molar-refractivity contribution is 0.0522. The lowest BCUT2D eigenvalue weighted by atomic mass is 10.1. The maximum Gasteiger partial charge on any atom is 0.358 e. The fourth-order valence-electron chi connectivity index (χ4n) is 2.39. The molecule has 130 valence electrons. The van der Waals surface area contributed by atoms with Crippen LogP contribution in [0.3, 0.4) is 0 Å². The number of nitrogens with zero attached hydrogens (tertiary/aromatic N) is 3. The third-order valence-corrected chi connectivity index (χ3v) is 4.41. The van der Waals surface area contributed by atoms with E-state index in [1.165, 1.54) is 11.3 Å². The van der Waals surface area contributed by atoms with Crippen LogP contribution in [0.2, 0.25) is 0 Å². The molecule has 3 aromatic heterocycles. The summed E-state index contributed by atoms with van der Waals surface area (Å²) in [5.41, 5.74) is 1.91. The number of hydrogen-bond donors (Lipinski definition) is 1. The molecule has 0 aliphatic carbocycles. The van der Waals surface area contributed by atoms with Crippen molar-refractivity contribution in [3.63, 3.8) is 0 Å². The molecule has 0 aromatic carbocycles. The topological polar surface area (TPSA) is 86.2 Å². The molecule has 0 amide bonds. The van der Waals surface area contributed by atoms with Crippen molar-refractivity contribution in [2.45, 2.75) is 13.0 Å². The number of rotatable bonds is 7. The first-order chi connectivity index (χ1) is 12.2. The third-order valence-electron chi connectivity index (χ3n) is 3.50. The molecule has 7 nitrogen and oxygen atoms in total. The lowest BCUT2D eigenvalue weighted by Crippen LogP contribution is -2.19. The summed E-state index contributed by atoms with van der Waals surface area (Å²) < 4.78 is 11.1. The summed E-state index contributed by atoms with van der Waals surface area (Å²) >= 11 is 1.41. The number of carbonyl (C=O) groups is 1. The monoisotopic (exact) mass is 358 g/mol. The van der Waals surface area contributed by atoms with E-state index in [1.807, 2.05) is 23.6 Å². The minimum atomic E-state index is -0.454. The fourth-order valence-corrected chi connectivity index (χ4v) is 3.20. The van der Waals surface area contributed by atoms with Crippen LogP contribution >= 0.6 is 11.3 Å². The molecule has 0 aliphatic rings. The van der Waals surface area contributed by atoms with Crippen molar-refractivity contribution in [2.24, 2.45) is 0 Å². The Morgan fingerprint density at radius 1 is 1.36 bits per heavy atom. The first-order valence-corrected chi connectivity index (χ1v) is 8.68. The quantitative estimate of drug-likeness (QED) is 0.650. The van der Waals surface area contributed by atoms with Crippen molar-refractivity contribution in [2.75, 3.05) is 25.6 Å². The number of ether oxygens (including phenoxy) is 2. The standard InChI is InChI=1S/C17H18N4O3S/c1-3-24-16(22)14-15-12(6-8-25-15)19-17(21-14)20-13(10-23-2)11-5-4-7-18-9-11/h4-9,13H,3,10H2,1-2H3,(H,19,20,21)/t13-/m1/s1. The summed E-state index contributed by atoms with van der Waals surface area (Å²) in [6.07, 6.45) is 3.46. The zero-order valence-corrected chi connectivity index (χ0v) is 14.7. The van der Waals surface area contributed by atoms with Crippen LogP contribution in [0.15, 0.2) is 36.0 Å². The average molecular weight is 358 g/mol. The molecule has 0 radical (unpaired) electrons. The number of fused-ring (bicyclic) bond motifs is 1. The number of thiophene rings is 1. The molecule has 1 N–H and O–H groups in total. The second kappa shape index (κ2) is 8.00. The van der Waals surface area contributed by atoms with Gasteiger partial charge >= 0.3 is 5.97 Å². The van der Waals surface area contributed by atoms with Crippen molar-refractivity contribution < 1.29 is 14.3 Å². The van der Waals surface area contributed by atoms with Crippen LogP contribution in [0.4, 0.5) is 5.95 Å². The fraction of sp³-hybridized carbons (Fsp3) is 0.294. The van der Waals surface area contributed by atoms with Gasteiger partial charge in [-0.2, -0.15) is 0 Å². The van der Waals surface area contributed by atoms with Gasteiger partial charge in [0, 0.05) is 19.5 Å². The third kappa shape index (κ3) is 3.92. The molecule has 0 bridgehead atoms. The molecule has 1 atom stereocenters. The van der Waals surface area contributed by atoms with Gasteiger partial charge in [-0.15, -0.1) is 11.3 Å². The molecule has 0 aliphatic heterocycles. The molecule has 0 fully saturated rings. The Morgan fingerprint density at radius 3 is 2.96 bits per heavy atom. The molecule has 0 spiro atoms. The number of aromatic nitrogens is 3. The van der Waals surface area contributed by atoms with Crippen LogP contribution in [0.25, 0.3) is 10.2 Å². The Morgan fingerprint density at radius 2 is 2.24 bits per heavy atom. The van der Waals surface area contributed by atoms with Crippen LogP contribution in [-0.2, 0) is 9.47 Å². The summed E-state index contributed by atoms with van der Waals surface area (Å²) in [5.74, 6) is -0.107. The molecule has 25 heavy (non-hydrogen) atoms. The van der Waals surface area contributed by atoms with E-state index in [0.29, 0.717) is 29.4 Å². The van der Waals surface area contributed by atoms with Gasteiger partial charge in [0.1, 0.15) is 0 Å². The predicted molar refractivity (Wildman–Crippen MR) is 95.8 cm³/mol. The van der Waals surface area contributed by atoms with Gasteiger partial charge < -0.3 is 14.8 Å². The van der Waals surface area contributed by atoms with Crippen LogP contribution < -0.4 is 5.32 Å². The number of nitrogens with one attached hydrogen (secondary N) is 1. The highest BCUT2D eigenvalue weighted by molar-refractivity contribution is 7.17. The van der Waals surface area contributed by atoms with Gasteiger partial charge in [-0.25, -0.2) is 14.8 Å². The van der Waals surface area contributed by atoms with Crippen LogP contribution in [0.5, 0.6) is 0 Å². The van der Waals surface area contributed by atoms with Gasteiger partial charge in [-0.3, -0.25) is 4.98 Å². The van der Waals surface area contributed by atoms with Crippen molar-refractivity contribution in [1.82, 2.24) is 15.0 Å². The zero-order chi connectivity index (χ0) is 17.6. The van der Waals surface area contributed by atoms with Gasteiger partial charge in [0.05, 0.1) is 29.5 Å². The van der Waals surface area contributed by atoms with E-state index >= 15 is 0 Å². The van der Waals surface area contributed by atoms with Crippen LogP contribution in [0, 0.1) is 0 Å². The Labute approximate surface area is 149 Å². The van der Waals surface area contributed by atoms with Gasteiger partial charge in [0.2, 0.25) is 5.95 Å². The van der Waals surface area contributed by atoms with E-state index in [1.54, 1.807) is 26.4 Å². The number of methoxy groups -OCH3 is 1. The number of pyridine rings is 1. The minimum Gasteiger partial charge on any atom is -0.461 e. The molecule has 3 heterocycles. The van der Waals surface area contributed by atoms with Crippen molar-refractivity contribution in [3.05, 3.63) is 47.2 Å². The molecule has 8 heteroatoms. The Bertz CT molecular complexity index is 853. The maximum atomic E-state index is 12.2. The van der Waals surface area contributed by atoms with Gasteiger partial charge in [-0.05, 0) is 30.0 Å². The van der Waals surface area contributed by atoms with Crippen molar-refractivity contribution in [3.8, 4) is 0 Å². The second-order valence-electron chi connectivity index (χ2n) is 5.19. The summed E-state index contributed by atoms with van der Waals surface area (Å²) in [7, 11) is 1.62. The summed E-state index contributed by atoms with van der Waals surface area (Å²) in [5, 5.41) is 5.10. The van der Waals surface area contributed by atoms with Crippen LogP contribution in [0.1, 0.15) is 29.0 Å². The molecule has 0 saturated heterocycles. The number of hydrogen-bond acceptors (Lipinski definition) is 8. The summed E-state index contributed by atoms with van der Waals surface area (Å²) in [6.45, 7) is 2.47. The molecular weight excluding hydrogens is 340 g/mol. The zero-order valence-electron chi connectivity index (χ0n) is 13.9. The number of carbonyl (C=O) groups excluding carboxylic acids is 1. The summed E-state index contributed by atoms with van der Waals surface area (Å²) in [6, 6.07) is 5.46. The minimum absolute atomic E-state index is 0.190. The van der Waals surface area contributed by atoms with E-state index in [-0.39, 0.29) is 11.7 Å². The van der Waals surface area contributed by atoms with Crippen molar-refractivity contribution >= 4 is 33.5 Å². The Balaban J connectivity index is 1.95. The van der Waals surface area contributed by atoms with Gasteiger partial charge in [-0.1, -0.05) is 6.07 Å². The van der Waals surface area contributed by atoms with E-state index in [2.05, 4.69) is 20.3 Å². The first-order valence-electron chi connectivity index (χ1n) is 7.80. The van der Waals surface area contributed by atoms with E-state index in [9.17, 15) is 4.79 Å². The van der Waals surface area contributed by atoms with E-state index in [4.69, 9.17) is 9.47 Å². The van der Waals surface area contributed by atoms with Gasteiger partial charge in [0.25, 0.3) is 0 Å². The average Bonchev–Trinajstić information content (AvgIpc) is 3.10.